The lowest BCUT2D eigenvalue weighted by Crippen LogP contribution is -2.30. The first kappa shape index (κ1) is 23.4. The van der Waals surface area contributed by atoms with Crippen LogP contribution >= 0.6 is 0 Å². The molecule has 0 radical (unpaired) electrons. The van der Waals surface area contributed by atoms with Gasteiger partial charge in [0.05, 0.1) is 5.56 Å². The van der Waals surface area contributed by atoms with E-state index in [-0.39, 0.29) is 5.82 Å². The lowest BCUT2D eigenvalue weighted by molar-refractivity contribution is 0.133. The first-order chi connectivity index (χ1) is 16.2. The molecule has 0 saturated heterocycles. The molecule has 0 aromatic heterocycles. The van der Waals surface area contributed by atoms with Gasteiger partial charge in [0, 0.05) is 11.6 Å². The topological polar surface area (TPSA) is 9.23 Å². The third kappa shape index (κ3) is 6.17. The number of halogens is 1. The van der Waals surface area contributed by atoms with E-state index in [2.05, 4.69) is 55.2 Å². The maximum Gasteiger partial charge on any atom is 0.142 e. The van der Waals surface area contributed by atoms with Crippen LogP contribution in [-0.2, 0) is 0 Å². The molecular weight excluding hydrogens is 407 g/mol. The summed E-state index contributed by atoms with van der Waals surface area (Å²) in [7, 11) is 0. The number of ether oxygens (including phenoxy) is 1. The molecule has 4 rings (SSSR count). The quantitative estimate of drug-likeness (QED) is 0.336. The summed E-state index contributed by atoms with van der Waals surface area (Å²) in [6.45, 7) is 4.51. The summed E-state index contributed by atoms with van der Waals surface area (Å²) in [6.07, 6.45) is 16.5. The van der Waals surface area contributed by atoms with E-state index in [1.54, 1.807) is 12.1 Å². The second kappa shape index (κ2) is 11.4. The van der Waals surface area contributed by atoms with Crippen LogP contribution in [0.15, 0.2) is 66.8 Å². The molecule has 2 aliphatic carbocycles. The standard InChI is InChI=1S/C31H35FO/c1-3-5-19-33-30-18-17-26(31(32)22-30)13-9-23-7-11-25(12-8-23)28-16-15-27-20-24(6-4-2)10-14-29(27)21-28/h3-8,11-12,17-18,22,24,27-29H,10,14-16,19-21H2,1-2H3/b5-3+,6-4+. The lowest BCUT2D eigenvalue weighted by atomic mass is 9.64. The van der Waals surface area contributed by atoms with Crippen molar-refractivity contribution >= 4 is 0 Å². The molecule has 2 heteroatoms. The van der Waals surface area contributed by atoms with Gasteiger partial charge in [0.15, 0.2) is 0 Å². The van der Waals surface area contributed by atoms with Gasteiger partial charge >= 0.3 is 0 Å². The summed E-state index contributed by atoms with van der Waals surface area (Å²) in [6, 6.07) is 13.5. The Bertz CT molecular complexity index is 1040. The van der Waals surface area contributed by atoms with Crippen LogP contribution in [0.5, 0.6) is 5.75 Å². The van der Waals surface area contributed by atoms with Crippen LogP contribution in [-0.4, -0.2) is 6.61 Å². The first-order valence-electron chi connectivity index (χ1n) is 12.4. The van der Waals surface area contributed by atoms with Crippen molar-refractivity contribution < 1.29 is 9.13 Å². The fourth-order valence-electron chi connectivity index (χ4n) is 5.58. The number of hydrogen-bond acceptors (Lipinski definition) is 1. The highest BCUT2D eigenvalue weighted by atomic mass is 19.1. The Morgan fingerprint density at radius 1 is 0.909 bits per heavy atom. The Hall–Kier alpha value is -2.79. The van der Waals surface area contributed by atoms with Crippen molar-refractivity contribution in [1.82, 2.24) is 0 Å². The summed E-state index contributed by atoms with van der Waals surface area (Å²) < 4.78 is 19.9. The van der Waals surface area contributed by atoms with Gasteiger partial charge in [-0.1, -0.05) is 48.3 Å². The molecule has 2 fully saturated rings. The van der Waals surface area contributed by atoms with Crippen LogP contribution in [0.4, 0.5) is 4.39 Å². The van der Waals surface area contributed by atoms with Crippen LogP contribution in [0.2, 0.25) is 0 Å². The monoisotopic (exact) mass is 442 g/mol. The first-order valence-corrected chi connectivity index (χ1v) is 12.4. The van der Waals surface area contributed by atoms with Gasteiger partial charge in [0.2, 0.25) is 0 Å². The van der Waals surface area contributed by atoms with Gasteiger partial charge in [-0.05, 0) is 106 Å². The van der Waals surface area contributed by atoms with Gasteiger partial charge in [0.1, 0.15) is 18.2 Å². The smallest absolute Gasteiger partial charge is 0.142 e. The molecule has 172 valence electrons. The zero-order chi connectivity index (χ0) is 23.0. The van der Waals surface area contributed by atoms with Gasteiger partial charge in [-0.3, -0.25) is 0 Å². The molecule has 2 saturated carbocycles. The van der Waals surface area contributed by atoms with E-state index in [4.69, 9.17) is 4.74 Å². The largest absolute Gasteiger partial charge is 0.489 e. The van der Waals surface area contributed by atoms with Crippen molar-refractivity contribution in [1.29, 1.82) is 0 Å². The zero-order valence-electron chi connectivity index (χ0n) is 19.9. The molecule has 0 spiro atoms. The van der Waals surface area contributed by atoms with Gasteiger partial charge < -0.3 is 4.74 Å². The SMILES string of the molecule is C/C=C/COc1ccc(C#Cc2ccc(C3CCC4CC(/C=C/C)CCC4C3)cc2)c(F)c1. The number of benzene rings is 2. The molecule has 33 heavy (non-hydrogen) atoms. The Morgan fingerprint density at radius 2 is 1.70 bits per heavy atom. The summed E-state index contributed by atoms with van der Waals surface area (Å²) in [5.41, 5.74) is 2.75. The van der Waals surface area contributed by atoms with Gasteiger partial charge in [-0.25, -0.2) is 4.39 Å². The van der Waals surface area contributed by atoms with Crippen LogP contribution in [0, 0.1) is 35.4 Å². The predicted molar refractivity (Wildman–Crippen MR) is 135 cm³/mol. The highest BCUT2D eigenvalue weighted by Gasteiger charge is 2.35. The molecule has 4 atom stereocenters. The molecule has 0 heterocycles. The van der Waals surface area contributed by atoms with Gasteiger partial charge in [0.25, 0.3) is 0 Å². The average molecular weight is 443 g/mol. The molecule has 0 aliphatic heterocycles. The van der Waals surface area contributed by atoms with E-state index in [0.717, 1.165) is 23.3 Å². The molecular formula is C31H35FO. The molecule has 2 aromatic carbocycles. The predicted octanol–water partition coefficient (Wildman–Crippen LogP) is 8.06. The van der Waals surface area contributed by atoms with E-state index in [1.807, 2.05) is 19.1 Å². The molecule has 4 unspecified atom stereocenters. The summed E-state index contributed by atoms with van der Waals surface area (Å²) in [5, 5.41) is 0. The maximum absolute atomic E-state index is 14.4. The second-order valence-corrected chi connectivity index (χ2v) is 9.52. The van der Waals surface area contributed by atoms with E-state index < -0.39 is 0 Å². The van der Waals surface area contributed by atoms with Crippen LogP contribution < -0.4 is 4.74 Å². The van der Waals surface area contributed by atoms with E-state index in [9.17, 15) is 4.39 Å². The third-order valence-corrected chi connectivity index (χ3v) is 7.36. The Morgan fingerprint density at radius 3 is 2.45 bits per heavy atom. The fraction of sp³-hybridized carbons (Fsp3) is 0.419. The minimum Gasteiger partial charge on any atom is -0.489 e. The highest BCUT2D eigenvalue weighted by Crippen LogP contribution is 2.47. The van der Waals surface area contributed by atoms with E-state index >= 15 is 0 Å². The van der Waals surface area contributed by atoms with Crippen LogP contribution in [0.25, 0.3) is 0 Å². The van der Waals surface area contributed by atoms with Gasteiger partial charge in [-0.2, -0.15) is 0 Å². The second-order valence-electron chi connectivity index (χ2n) is 9.52. The summed E-state index contributed by atoms with van der Waals surface area (Å²) in [5.74, 6) is 9.53. The Kier molecular flexibility index (Phi) is 8.05. The van der Waals surface area contributed by atoms with Crippen molar-refractivity contribution in [2.24, 2.45) is 17.8 Å². The molecule has 0 N–H and O–H groups in total. The maximum atomic E-state index is 14.4. The minimum absolute atomic E-state index is 0.349. The van der Waals surface area contributed by atoms with Crippen LogP contribution in [0.3, 0.4) is 0 Å². The van der Waals surface area contributed by atoms with Crippen molar-refractivity contribution in [3.8, 4) is 17.6 Å². The molecule has 1 nitrogen and oxygen atoms in total. The van der Waals surface area contributed by atoms with Gasteiger partial charge in [-0.15, -0.1) is 0 Å². The number of hydrogen-bond donors (Lipinski definition) is 0. The highest BCUT2D eigenvalue weighted by molar-refractivity contribution is 5.46. The molecule has 0 amide bonds. The number of rotatable bonds is 5. The Labute approximate surface area is 198 Å². The van der Waals surface area contributed by atoms with Crippen molar-refractivity contribution in [3.05, 3.63) is 89.3 Å². The summed E-state index contributed by atoms with van der Waals surface area (Å²) >= 11 is 0. The summed E-state index contributed by atoms with van der Waals surface area (Å²) in [4.78, 5) is 0. The minimum atomic E-state index is -0.349. The molecule has 2 aromatic rings. The molecule has 0 bridgehead atoms. The zero-order valence-corrected chi connectivity index (χ0v) is 19.9. The third-order valence-electron chi connectivity index (χ3n) is 7.36. The van der Waals surface area contributed by atoms with Crippen molar-refractivity contribution in [2.45, 2.75) is 58.3 Å². The lowest BCUT2D eigenvalue weighted by Gasteiger charge is -2.41. The number of fused-ring (bicyclic) bond motifs is 1. The van der Waals surface area contributed by atoms with Crippen molar-refractivity contribution in [2.75, 3.05) is 6.61 Å². The van der Waals surface area contributed by atoms with E-state index in [1.165, 1.54) is 50.2 Å². The Balaban J connectivity index is 1.36. The van der Waals surface area contributed by atoms with Crippen molar-refractivity contribution in [3.63, 3.8) is 0 Å². The van der Waals surface area contributed by atoms with Crippen LogP contribution in [0.1, 0.15) is 75.0 Å². The number of allylic oxidation sites excluding steroid dienone is 3. The average Bonchev–Trinajstić information content (AvgIpc) is 2.84. The fourth-order valence-corrected chi connectivity index (χ4v) is 5.58. The normalized spacial score (nSPS) is 24.9. The van der Waals surface area contributed by atoms with E-state index in [0.29, 0.717) is 23.8 Å². The molecule has 2 aliphatic rings.